The standard InChI is InChI=1S/C17H21N5O2/c1-4-22-13-14(20(2)17(24)21(3)15(13)23)19-16(22)18-11-10-12-8-6-5-7-9-12/h5-9H,4,10-11H2,1-3H3,(H,18,19). The molecule has 3 aromatic rings. The Morgan fingerprint density at radius 2 is 1.79 bits per heavy atom. The van der Waals surface area contributed by atoms with Gasteiger partial charge >= 0.3 is 5.69 Å². The number of anilines is 1. The van der Waals surface area contributed by atoms with Crippen molar-refractivity contribution >= 4 is 17.1 Å². The summed E-state index contributed by atoms with van der Waals surface area (Å²) in [7, 11) is 3.12. The molecule has 0 spiro atoms. The second-order valence-corrected chi connectivity index (χ2v) is 5.72. The predicted molar refractivity (Wildman–Crippen MR) is 94.5 cm³/mol. The first-order valence-corrected chi connectivity index (χ1v) is 7.98. The SMILES string of the molecule is CCn1c(NCCc2ccccc2)nc2c1c(=O)n(C)c(=O)n2C. The first kappa shape index (κ1) is 16.0. The van der Waals surface area contributed by atoms with Crippen LogP contribution in [-0.4, -0.2) is 25.2 Å². The van der Waals surface area contributed by atoms with E-state index in [0.717, 1.165) is 11.0 Å². The van der Waals surface area contributed by atoms with Gasteiger partial charge in [-0.25, -0.2) is 4.79 Å². The van der Waals surface area contributed by atoms with Gasteiger partial charge in [-0.3, -0.25) is 13.9 Å². The van der Waals surface area contributed by atoms with Gasteiger partial charge in [0.15, 0.2) is 11.2 Å². The topological polar surface area (TPSA) is 73.8 Å². The number of hydrogen-bond acceptors (Lipinski definition) is 4. The van der Waals surface area contributed by atoms with Crippen LogP contribution in [0.15, 0.2) is 39.9 Å². The van der Waals surface area contributed by atoms with Crippen LogP contribution in [0.25, 0.3) is 11.2 Å². The lowest BCUT2D eigenvalue weighted by molar-refractivity contribution is 0.700. The van der Waals surface area contributed by atoms with Crippen molar-refractivity contribution < 1.29 is 0 Å². The van der Waals surface area contributed by atoms with Crippen LogP contribution in [0.1, 0.15) is 12.5 Å². The highest BCUT2D eigenvalue weighted by Crippen LogP contribution is 2.15. The zero-order valence-electron chi connectivity index (χ0n) is 14.1. The van der Waals surface area contributed by atoms with Gasteiger partial charge in [0.25, 0.3) is 5.56 Å². The molecule has 0 unspecified atom stereocenters. The summed E-state index contributed by atoms with van der Waals surface area (Å²) in [5.41, 5.74) is 1.39. The van der Waals surface area contributed by atoms with Crippen LogP contribution in [0.4, 0.5) is 5.95 Å². The molecule has 24 heavy (non-hydrogen) atoms. The first-order valence-electron chi connectivity index (χ1n) is 7.98. The molecule has 0 radical (unpaired) electrons. The van der Waals surface area contributed by atoms with Crippen LogP contribution in [-0.2, 0) is 27.1 Å². The molecule has 1 N–H and O–H groups in total. The van der Waals surface area contributed by atoms with Crippen LogP contribution >= 0.6 is 0 Å². The van der Waals surface area contributed by atoms with Crippen molar-refractivity contribution in [2.45, 2.75) is 19.9 Å². The van der Waals surface area contributed by atoms with Crippen molar-refractivity contribution in [3.05, 3.63) is 56.7 Å². The largest absolute Gasteiger partial charge is 0.355 e. The van der Waals surface area contributed by atoms with Crippen molar-refractivity contribution in [2.75, 3.05) is 11.9 Å². The highest BCUT2D eigenvalue weighted by atomic mass is 16.2. The number of nitrogens with one attached hydrogen (secondary N) is 1. The Labute approximate surface area is 139 Å². The van der Waals surface area contributed by atoms with Gasteiger partial charge in [0.05, 0.1) is 0 Å². The van der Waals surface area contributed by atoms with E-state index >= 15 is 0 Å². The molecule has 0 aliphatic rings. The first-order chi connectivity index (χ1) is 11.5. The molecule has 3 rings (SSSR count). The van der Waals surface area contributed by atoms with E-state index in [1.54, 1.807) is 7.05 Å². The second-order valence-electron chi connectivity index (χ2n) is 5.72. The molecule has 2 heterocycles. The quantitative estimate of drug-likeness (QED) is 0.762. The highest BCUT2D eigenvalue weighted by molar-refractivity contribution is 5.74. The molecule has 126 valence electrons. The smallest absolute Gasteiger partial charge is 0.332 e. The Morgan fingerprint density at radius 1 is 1.08 bits per heavy atom. The molecular weight excluding hydrogens is 306 g/mol. The Bertz CT molecular complexity index is 982. The maximum atomic E-state index is 12.5. The zero-order valence-corrected chi connectivity index (χ0v) is 14.1. The summed E-state index contributed by atoms with van der Waals surface area (Å²) >= 11 is 0. The third kappa shape index (κ3) is 2.62. The van der Waals surface area contributed by atoms with Crippen LogP contribution < -0.4 is 16.6 Å². The monoisotopic (exact) mass is 327 g/mol. The normalized spacial score (nSPS) is 11.1. The minimum Gasteiger partial charge on any atom is -0.355 e. The number of benzene rings is 1. The van der Waals surface area contributed by atoms with E-state index in [2.05, 4.69) is 22.4 Å². The van der Waals surface area contributed by atoms with Gasteiger partial charge in [-0.1, -0.05) is 30.3 Å². The van der Waals surface area contributed by atoms with Crippen LogP contribution in [0.2, 0.25) is 0 Å². The van der Waals surface area contributed by atoms with Crippen molar-refractivity contribution in [3.63, 3.8) is 0 Å². The van der Waals surface area contributed by atoms with Gasteiger partial charge in [0, 0.05) is 27.2 Å². The van der Waals surface area contributed by atoms with E-state index in [-0.39, 0.29) is 11.2 Å². The lowest BCUT2D eigenvalue weighted by Gasteiger charge is -2.08. The minimum absolute atomic E-state index is 0.321. The predicted octanol–water partition coefficient (Wildman–Crippen LogP) is 1.11. The van der Waals surface area contributed by atoms with Gasteiger partial charge in [-0.2, -0.15) is 4.98 Å². The maximum absolute atomic E-state index is 12.5. The Morgan fingerprint density at radius 3 is 2.46 bits per heavy atom. The van der Waals surface area contributed by atoms with Crippen LogP contribution in [0.3, 0.4) is 0 Å². The zero-order chi connectivity index (χ0) is 17.3. The molecule has 0 bridgehead atoms. The summed E-state index contributed by atoms with van der Waals surface area (Å²) < 4.78 is 4.34. The van der Waals surface area contributed by atoms with E-state index in [4.69, 9.17) is 0 Å². The van der Waals surface area contributed by atoms with Gasteiger partial charge in [-0.05, 0) is 18.9 Å². The average molecular weight is 327 g/mol. The van der Waals surface area contributed by atoms with Crippen molar-refractivity contribution in [1.82, 2.24) is 18.7 Å². The molecule has 0 saturated carbocycles. The van der Waals surface area contributed by atoms with E-state index in [1.165, 1.54) is 17.2 Å². The minimum atomic E-state index is -0.371. The van der Waals surface area contributed by atoms with E-state index in [1.807, 2.05) is 29.7 Å². The summed E-state index contributed by atoms with van der Waals surface area (Å²) in [4.78, 5) is 29.0. The molecule has 2 aromatic heterocycles. The van der Waals surface area contributed by atoms with Crippen molar-refractivity contribution in [3.8, 4) is 0 Å². The number of aryl methyl sites for hydroxylation is 2. The number of aromatic nitrogens is 4. The average Bonchev–Trinajstić information content (AvgIpc) is 2.97. The van der Waals surface area contributed by atoms with Crippen molar-refractivity contribution in [1.29, 1.82) is 0 Å². The summed E-state index contributed by atoms with van der Waals surface area (Å²) in [5, 5.41) is 3.28. The number of nitrogens with zero attached hydrogens (tertiary/aromatic N) is 4. The summed E-state index contributed by atoms with van der Waals surface area (Å²) in [6, 6.07) is 10.2. The molecule has 0 atom stereocenters. The number of fused-ring (bicyclic) bond motifs is 1. The highest BCUT2D eigenvalue weighted by Gasteiger charge is 2.17. The Balaban J connectivity index is 1.97. The fraction of sp³-hybridized carbons (Fsp3) is 0.353. The fourth-order valence-electron chi connectivity index (χ4n) is 2.85. The van der Waals surface area contributed by atoms with Crippen LogP contribution in [0, 0.1) is 0 Å². The fourth-order valence-corrected chi connectivity index (χ4v) is 2.85. The van der Waals surface area contributed by atoms with E-state index < -0.39 is 0 Å². The van der Waals surface area contributed by atoms with E-state index in [9.17, 15) is 9.59 Å². The Kier molecular flexibility index (Phi) is 4.24. The van der Waals surface area contributed by atoms with Gasteiger partial charge in [0.1, 0.15) is 0 Å². The maximum Gasteiger partial charge on any atom is 0.332 e. The van der Waals surface area contributed by atoms with Crippen LogP contribution in [0.5, 0.6) is 0 Å². The third-order valence-electron chi connectivity index (χ3n) is 4.20. The Hall–Kier alpha value is -2.83. The summed E-state index contributed by atoms with van der Waals surface area (Å²) in [6.07, 6.45) is 0.852. The molecule has 0 amide bonds. The number of hydrogen-bond donors (Lipinski definition) is 1. The lowest BCUT2D eigenvalue weighted by Crippen LogP contribution is -2.37. The second kappa shape index (κ2) is 6.35. The molecule has 0 fully saturated rings. The molecule has 0 aliphatic carbocycles. The lowest BCUT2D eigenvalue weighted by atomic mass is 10.1. The molecular formula is C17H21N5O2. The molecule has 1 aromatic carbocycles. The molecule has 7 heteroatoms. The third-order valence-corrected chi connectivity index (χ3v) is 4.20. The number of imidazole rings is 1. The van der Waals surface area contributed by atoms with Crippen molar-refractivity contribution in [2.24, 2.45) is 14.1 Å². The summed E-state index contributed by atoms with van der Waals surface area (Å²) in [5.74, 6) is 0.613. The molecule has 0 saturated heterocycles. The summed E-state index contributed by atoms with van der Waals surface area (Å²) in [6.45, 7) is 3.24. The number of rotatable bonds is 5. The van der Waals surface area contributed by atoms with E-state index in [0.29, 0.717) is 30.2 Å². The van der Waals surface area contributed by atoms with Gasteiger partial charge in [0.2, 0.25) is 5.95 Å². The van der Waals surface area contributed by atoms with Gasteiger partial charge < -0.3 is 9.88 Å². The molecule has 0 aliphatic heterocycles. The molecule has 7 nitrogen and oxygen atoms in total. The van der Waals surface area contributed by atoms with Gasteiger partial charge in [-0.15, -0.1) is 0 Å².